The summed E-state index contributed by atoms with van der Waals surface area (Å²) in [4.78, 5) is 21.3. The van der Waals surface area contributed by atoms with Crippen LogP contribution in [-0.2, 0) is 14.8 Å². The monoisotopic (exact) mass is 562 g/mol. The SMILES string of the molecule is COc1ncc(-c2ccc3ncc(OCC4COC4)c(=O)n3c2)cc1NS(=O)(=O)c1c(Cl)cccc1Cl. The third-order valence-corrected chi connectivity index (χ3v) is 7.98. The molecule has 4 aromatic rings. The highest BCUT2D eigenvalue weighted by Gasteiger charge is 2.24. The van der Waals surface area contributed by atoms with Crippen molar-refractivity contribution in [3.63, 3.8) is 0 Å². The van der Waals surface area contributed by atoms with Gasteiger partial charge in [-0.15, -0.1) is 0 Å². The maximum absolute atomic E-state index is 13.1. The second kappa shape index (κ2) is 10.2. The van der Waals surface area contributed by atoms with Crippen molar-refractivity contribution in [1.29, 1.82) is 0 Å². The number of hydrogen-bond acceptors (Lipinski definition) is 8. The van der Waals surface area contributed by atoms with Crippen molar-refractivity contribution in [1.82, 2.24) is 14.4 Å². The highest BCUT2D eigenvalue weighted by Crippen LogP contribution is 2.34. The summed E-state index contributed by atoms with van der Waals surface area (Å²) in [6.45, 7) is 1.57. The second-order valence-corrected chi connectivity index (χ2v) is 10.7. The molecule has 192 valence electrons. The Morgan fingerprint density at radius 3 is 2.54 bits per heavy atom. The molecule has 1 aliphatic rings. The van der Waals surface area contributed by atoms with Crippen LogP contribution < -0.4 is 19.8 Å². The molecule has 4 heterocycles. The van der Waals surface area contributed by atoms with Crippen molar-refractivity contribution in [2.75, 3.05) is 31.7 Å². The minimum absolute atomic E-state index is 0.0331. The summed E-state index contributed by atoms with van der Waals surface area (Å²) < 4.78 is 46.1. The van der Waals surface area contributed by atoms with Gasteiger partial charge in [0.2, 0.25) is 11.6 Å². The largest absolute Gasteiger partial charge is 0.486 e. The van der Waals surface area contributed by atoms with Gasteiger partial charge in [0.15, 0.2) is 0 Å². The number of nitrogens with zero attached hydrogens (tertiary/aromatic N) is 3. The Kier molecular flexibility index (Phi) is 6.95. The lowest BCUT2D eigenvalue weighted by Crippen LogP contribution is -2.33. The lowest BCUT2D eigenvalue weighted by atomic mass is 10.1. The van der Waals surface area contributed by atoms with Crippen LogP contribution in [0.4, 0.5) is 5.69 Å². The van der Waals surface area contributed by atoms with Crippen molar-refractivity contribution in [3.05, 3.63) is 75.4 Å². The molecule has 37 heavy (non-hydrogen) atoms. The molecule has 5 rings (SSSR count). The van der Waals surface area contributed by atoms with Gasteiger partial charge in [-0.2, -0.15) is 0 Å². The summed E-state index contributed by atoms with van der Waals surface area (Å²) in [6.07, 6.45) is 4.48. The Morgan fingerprint density at radius 1 is 1.11 bits per heavy atom. The number of benzene rings is 1. The molecular weight excluding hydrogens is 543 g/mol. The van der Waals surface area contributed by atoms with Gasteiger partial charge < -0.3 is 14.2 Å². The first-order chi connectivity index (χ1) is 17.8. The van der Waals surface area contributed by atoms with Gasteiger partial charge in [-0.1, -0.05) is 29.3 Å². The Bertz CT molecular complexity index is 1640. The van der Waals surface area contributed by atoms with Crippen LogP contribution in [0.3, 0.4) is 0 Å². The molecule has 0 atom stereocenters. The number of methoxy groups -OCH3 is 1. The van der Waals surface area contributed by atoms with E-state index in [-0.39, 0.29) is 43.7 Å². The average molecular weight is 563 g/mol. The Labute approximate surface area is 221 Å². The molecule has 1 N–H and O–H groups in total. The van der Waals surface area contributed by atoms with E-state index in [0.29, 0.717) is 36.6 Å². The van der Waals surface area contributed by atoms with Crippen molar-refractivity contribution in [2.45, 2.75) is 4.90 Å². The maximum Gasteiger partial charge on any atom is 0.300 e. The van der Waals surface area contributed by atoms with E-state index in [2.05, 4.69) is 14.7 Å². The lowest BCUT2D eigenvalue weighted by Gasteiger charge is -2.25. The summed E-state index contributed by atoms with van der Waals surface area (Å²) in [5, 5.41) is -0.0697. The first kappa shape index (κ1) is 25.3. The average Bonchev–Trinajstić information content (AvgIpc) is 2.84. The highest BCUT2D eigenvalue weighted by molar-refractivity contribution is 7.93. The zero-order chi connectivity index (χ0) is 26.2. The van der Waals surface area contributed by atoms with Crippen LogP contribution in [0.25, 0.3) is 16.8 Å². The molecule has 0 spiro atoms. The molecule has 1 saturated heterocycles. The maximum atomic E-state index is 13.1. The van der Waals surface area contributed by atoms with E-state index < -0.39 is 10.0 Å². The Hall–Kier alpha value is -3.38. The number of pyridine rings is 2. The smallest absolute Gasteiger partial charge is 0.300 e. The van der Waals surface area contributed by atoms with Crippen molar-refractivity contribution in [2.24, 2.45) is 5.92 Å². The zero-order valence-electron chi connectivity index (χ0n) is 19.4. The summed E-state index contributed by atoms with van der Waals surface area (Å²) in [5.41, 5.74) is 1.19. The van der Waals surface area contributed by atoms with Crippen molar-refractivity contribution >= 4 is 44.6 Å². The topological polar surface area (TPSA) is 121 Å². The van der Waals surface area contributed by atoms with E-state index in [4.69, 9.17) is 37.4 Å². The standard InChI is InChI=1S/C24H20Cl2N4O6S/c1-34-23-19(29-37(32,33)22-17(25)3-2-4-18(22)26)7-16(8-28-23)15-5-6-21-27-9-20(24(31)30(21)10-15)36-13-14-11-35-12-14/h2-10,14,29H,11-13H2,1H3. The van der Waals surface area contributed by atoms with Crippen LogP contribution in [0.1, 0.15) is 0 Å². The molecule has 0 bridgehead atoms. The van der Waals surface area contributed by atoms with Gasteiger partial charge in [-0.3, -0.25) is 13.9 Å². The number of hydrogen-bond donors (Lipinski definition) is 1. The normalized spacial score (nSPS) is 13.8. The quantitative estimate of drug-likeness (QED) is 0.343. The molecule has 0 unspecified atom stereocenters. The highest BCUT2D eigenvalue weighted by atomic mass is 35.5. The first-order valence-corrected chi connectivity index (χ1v) is 13.2. The van der Waals surface area contributed by atoms with Crippen LogP contribution in [-0.4, -0.2) is 49.7 Å². The number of aromatic nitrogens is 3. The summed E-state index contributed by atoms with van der Waals surface area (Å²) >= 11 is 12.2. The molecule has 0 amide bonds. The number of nitrogens with one attached hydrogen (secondary N) is 1. The fraction of sp³-hybridized carbons (Fsp3) is 0.208. The van der Waals surface area contributed by atoms with Gasteiger partial charge >= 0.3 is 0 Å². The fourth-order valence-electron chi connectivity index (χ4n) is 3.70. The summed E-state index contributed by atoms with van der Waals surface area (Å²) in [5.74, 6) is 0.407. The van der Waals surface area contributed by atoms with Crippen LogP contribution in [0.2, 0.25) is 10.0 Å². The van der Waals surface area contributed by atoms with Crippen molar-refractivity contribution in [3.8, 4) is 22.8 Å². The number of halogens is 2. The molecule has 0 saturated carbocycles. The fourth-order valence-corrected chi connectivity index (χ4v) is 5.89. The van der Waals surface area contributed by atoms with Crippen LogP contribution >= 0.6 is 23.2 Å². The van der Waals surface area contributed by atoms with Crippen molar-refractivity contribution < 1.29 is 22.6 Å². The summed E-state index contributed by atoms with van der Waals surface area (Å²) in [6, 6.07) is 9.32. The van der Waals surface area contributed by atoms with Gasteiger partial charge in [0.25, 0.3) is 15.6 Å². The number of rotatable bonds is 8. The van der Waals surface area contributed by atoms with Gasteiger partial charge in [-0.25, -0.2) is 18.4 Å². The Balaban J connectivity index is 1.50. The van der Waals surface area contributed by atoms with E-state index in [1.807, 2.05) is 0 Å². The van der Waals surface area contributed by atoms with Gasteiger partial charge in [0.05, 0.1) is 43.2 Å². The van der Waals surface area contributed by atoms with Crippen LogP contribution in [0.15, 0.2) is 64.7 Å². The number of anilines is 1. The summed E-state index contributed by atoms with van der Waals surface area (Å²) in [7, 11) is -2.83. The van der Waals surface area contributed by atoms with E-state index >= 15 is 0 Å². The third kappa shape index (κ3) is 5.08. The molecular formula is C24H20Cl2N4O6S. The number of fused-ring (bicyclic) bond motifs is 1. The van der Waals surface area contributed by atoms with Gasteiger partial charge in [0, 0.05) is 29.4 Å². The lowest BCUT2D eigenvalue weighted by molar-refractivity contribution is -0.0510. The van der Waals surface area contributed by atoms with E-state index in [1.54, 1.807) is 24.4 Å². The van der Waals surface area contributed by atoms with E-state index in [1.165, 1.54) is 42.1 Å². The third-order valence-electron chi connectivity index (χ3n) is 5.66. The molecule has 3 aromatic heterocycles. The van der Waals surface area contributed by atoms with Gasteiger partial charge in [0.1, 0.15) is 16.2 Å². The second-order valence-electron chi connectivity index (χ2n) is 8.23. The van der Waals surface area contributed by atoms with Crippen LogP contribution in [0, 0.1) is 5.92 Å². The predicted octanol–water partition coefficient (Wildman–Crippen LogP) is 3.90. The number of sulfonamides is 1. The molecule has 13 heteroatoms. The molecule has 10 nitrogen and oxygen atoms in total. The van der Waals surface area contributed by atoms with Crippen LogP contribution in [0.5, 0.6) is 11.6 Å². The molecule has 1 aromatic carbocycles. The van der Waals surface area contributed by atoms with E-state index in [0.717, 1.165) is 0 Å². The molecule has 1 fully saturated rings. The Morgan fingerprint density at radius 2 is 1.86 bits per heavy atom. The van der Waals surface area contributed by atoms with Gasteiger partial charge in [-0.05, 0) is 30.3 Å². The van der Waals surface area contributed by atoms with E-state index in [9.17, 15) is 13.2 Å². The number of ether oxygens (including phenoxy) is 3. The molecule has 0 radical (unpaired) electrons. The zero-order valence-corrected chi connectivity index (χ0v) is 21.7. The molecule has 1 aliphatic heterocycles. The minimum Gasteiger partial charge on any atom is -0.486 e. The molecule has 0 aliphatic carbocycles. The predicted molar refractivity (Wildman–Crippen MR) is 138 cm³/mol. The minimum atomic E-state index is -4.19. The first-order valence-electron chi connectivity index (χ1n) is 11.0.